The van der Waals surface area contributed by atoms with Crippen molar-refractivity contribution in [3.8, 4) is 11.8 Å². The number of amides is 2. The highest BCUT2D eigenvalue weighted by atomic mass is 32.2. The number of anilines is 2. The molecular formula is C20H19N7O5S2. The summed E-state index contributed by atoms with van der Waals surface area (Å²) in [7, 11) is 1.27. The lowest BCUT2D eigenvalue weighted by atomic mass is 10.2. The first-order chi connectivity index (χ1) is 16.3. The van der Waals surface area contributed by atoms with Gasteiger partial charge < -0.3 is 20.4 Å². The summed E-state index contributed by atoms with van der Waals surface area (Å²) in [5, 5.41) is 5.64. The number of methoxy groups -OCH3 is 1. The second-order valence-corrected chi connectivity index (χ2v) is 9.59. The van der Waals surface area contributed by atoms with Crippen molar-refractivity contribution in [3.05, 3.63) is 62.2 Å². The number of aromatic amines is 1. The Kier molecular flexibility index (Phi) is 6.43. The lowest BCUT2D eigenvalue weighted by molar-refractivity contribution is 0.256. The van der Waals surface area contributed by atoms with Gasteiger partial charge in [-0.1, -0.05) is 0 Å². The second kappa shape index (κ2) is 9.44. The SMILES string of the molecule is CNc1ccc2c(=O)n(-c3ncc(NC(=O)NS(=O)c4ccc(C)s4)c(OC)n3)c(=O)[nH]c2c1. The van der Waals surface area contributed by atoms with Crippen LogP contribution >= 0.6 is 11.3 Å². The Morgan fingerprint density at radius 2 is 2.03 bits per heavy atom. The molecule has 0 saturated heterocycles. The van der Waals surface area contributed by atoms with Crippen molar-refractivity contribution in [2.24, 2.45) is 0 Å². The van der Waals surface area contributed by atoms with Gasteiger partial charge in [-0.05, 0) is 37.3 Å². The quantitative estimate of drug-likeness (QED) is 0.311. The summed E-state index contributed by atoms with van der Waals surface area (Å²) >= 11 is 1.30. The number of rotatable bonds is 6. The summed E-state index contributed by atoms with van der Waals surface area (Å²) in [5.74, 6) is -0.346. The summed E-state index contributed by atoms with van der Waals surface area (Å²) in [6.45, 7) is 1.86. The molecule has 1 unspecified atom stereocenters. The van der Waals surface area contributed by atoms with Crippen molar-refractivity contribution in [3.63, 3.8) is 0 Å². The topological polar surface area (TPSA) is 160 Å². The van der Waals surface area contributed by atoms with Crippen LogP contribution in [-0.4, -0.2) is 43.9 Å². The molecule has 0 aliphatic heterocycles. The molecule has 176 valence electrons. The van der Waals surface area contributed by atoms with Gasteiger partial charge in [-0.25, -0.2) is 18.8 Å². The summed E-state index contributed by atoms with van der Waals surface area (Å²) in [5.41, 5.74) is -0.237. The predicted octanol–water partition coefficient (Wildman–Crippen LogP) is 1.73. The third kappa shape index (κ3) is 4.53. The number of carbonyl (C=O) groups is 1. The Morgan fingerprint density at radius 3 is 2.71 bits per heavy atom. The summed E-state index contributed by atoms with van der Waals surface area (Å²) in [4.78, 5) is 49.6. The minimum absolute atomic E-state index is 0.0482. The van der Waals surface area contributed by atoms with E-state index in [2.05, 4.69) is 30.3 Å². The molecule has 0 saturated carbocycles. The van der Waals surface area contributed by atoms with Gasteiger partial charge in [-0.15, -0.1) is 11.3 Å². The van der Waals surface area contributed by atoms with Crippen LogP contribution in [0.1, 0.15) is 4.88 Å². The van der Waals surface area contributed by atoms with E-state index in [4.69, 9.17) is 4.74 Å². The van der Waals surface area contributed by atoms with Crippen LogP contribution in [-0.2, 0) is 11.0 Å². The molecule has 14 heteroatoms. The monoisotopic (exact) mass is 501 g/mol. The van der Waals surface area contributed by atoms with Gasteiger partial charge in [0.1, 0.15) is 9.90 Å². The number of thiophene rings is 1. The minimum atomic E-state index is -1.75. The van der Waals surface area contributed by atoms with E-state index in [0.29, 0.717) is 9.73 Å². The van der Waals surface area contributed by atoms with Crippen molar-refractivity contribution in [1.82, 2.24) is 24.2 Å². The van der Waals surface area contributed by atoms with Crippen LogP contribution in [0.2, 0.25) is 0 Å². The highest BCUT2D eigenvalue weighted by Gasteiger charge is 2.18. The summed E-state index contributed by atoms with van der Waals surface area (Å²) < 4.78 is 21.0. The fraction of sp³-hybridized carbons (Fsp3) is 0.150. The molecule has 12 nitrogen and oxygen atoms in total. The second-order valence-electron chi connectivity index (χ2n) is 6.86. The minimum Gasteiger partial charge on any atom is -0.479 e. The normalized spacial score (nSPS) is 11.7. The molecule has 0 fully saturated rings. The average molecular weight is 502 g/mol. The number of ether oxygens (including phenoxy) is 1. The van der Waals surface area contributed by atoms with Crippen LogP contribution in [0.5, 0.6) is 5.88 Å². The molecule has 1 aromatic carbocycles. The number of hydrogen-bond acceptors (Lipinski definition) is 9. The first-order valence-corrected chi connectivity index (χ1v) is 11.7. The van der Waals surface area contributed by atoms with E-state index in [1.165, 1.54) is 24.6 Å². The summed E-state index contributed by atoms with van der Waals surface area (Å²) in [6.07, 6.45) is 1.18. The van der Waals surface area contributed by atoms with Crippen molar-refractivity contribution >= 4 is 50.6 Å². The van der Waals surface area contributed by atoms with Crippen molar-refractivity contribution < 1.29 is 13.7 Å². The molecule has 2 amide bonds. The Balaban J connectivity index is 1.63. The molecule has 3 heterocycles. The molecule has 1 atom stereocenters. The fourth-order valence-electron chi connectivity index (χ4n) is 3.06. The molecule has 0 aliphatic carbocycles. The number of carbonyl (C=O) groups excluding carboxylic acids is 1. The van der Waals surface area contributed by atoms with Crippen LogP contribution in [0.15, 0.2) is 50.3 Å². The largest absolute Gasteiger partial charge is 0.479 e. The standard InChI is InChI=1S/C20H19N7O5S2/c1-10-4-7-15(33-10)34(31)26-19(29)23-14-9-22-18(25-16(14)32-3)27-17(28)12-6-5-11(21-2)8-13(12)24-20(27)30/h4-9,21H,1-3H3,(H,24,30)(H2,23,26,29). The number of aromatic nitrogens is 4. The maximum absolute atomic E-state index is 13.0. The van der Waals surface area contributed by atoms with Crippen LogP contribution < -0.4 is 31.3 Å². The molecule has 3 aromatic heterocycles. The zero-order valence-corrected chi connectivity index (χ0v) is 19.8. The van der Waals surface area contributed by atoms with Crippen LogP contribution in [0, 0.1) is 6.92 Å². The third-order valence-corrected chi connectivity index (χ3v) is 7.02. The van der Waals surface area contributed by atoms with Gasteiger partial charge in [-0.2, -0.15) is 9.55 Å². The van der Waals surface area contributed by atoms with E-state index < -0.39 is 28.3 Å². The summed E-state index contributed by atoms with van der Waals surface area (Å²) in [6, 6.07) is 7.58. The molecule has 0 aliphatic rings. The van der Waals surface area contributed by atoms with Crippen LogP contribution in [0.4, 0.5) is 16.2 Å². The van der Waals surface area contributed by atoms with Crippen molar-refractivity contribution in [2.45, 2.75) is 11.1 Å². The first kappa shape index (κ1) is 23.1. The van der Waals surface area contributed by atoms with Crippen molar-refractivity contribution in [1.29, 1.82) is 0 Å². The number of fused-ring (bicyclic) bond motifs is 1. The average Bonchev–Trinajstić information content (AvgIpc) is 3.25. The molecule has 4 aromatic rings. The van der Waals surface area contributed by atoms with Crippen LogP contribution in [0.25, 0.3) is 16.9 Å². The van der Waals surface area contributed by atoms with Crippen molar-refractivity contribution in [2.75, 3.05) is 24.8 Å². The van der Waals surface area contributed by atoms with E-state index in [-0.39, 0.29) is 22.9 Å². The number of H-pyrrole nitrogens is 1. The van der Waals surface area contributed by atoms with E-state index in [1.54, 1.807) is 37.4 Å². The zero-order valence-electron chi connectivity index (χ0n) is 18.2. The van der Waals surface area contributed by atoms with Gasteiger partial charge in [0.05, 0.1) is 24.2 Å². The number of benzene rings is 1. The zero-order chi connectivity index (χ0) is 24.4. The van der Waals surface area contributed by atoms with Gasteiger partial charge in [0.15, 0.2) is 11.0 Å². The van der Waals surface area contributed by atoms with Gasteiger partial charge in [0.25, 0.3) is 5.56 Å². The Bertz CT molecular complexity index is 1540. The number of urea groups is 1. The number of aryl methyl sites for hydroxylation is 1. The molecule has 4 rings (SSSR count). The van der Waals surface area contributed by atoms with Gasteiger partial charge >= 0.3 is 11.7 Å². The van der Waals surface area contributed by atoms with Gasteiger partial charge in [0.2, 0.25) is 11.8 Å². The molecule has 4 N–H and O–H groups in total. The highest BCUT2D eigenvalue weighted by molar-refractivity contribution is 7.86. The lowest BCUT2D eigenvalue weighted by Crippen LogP contribution is -2.35. The molecule has 34 heavy (non-hydrogen) atoms. The van der Waals surface area contributed by atoms with E-state index in [1.807, 2.05) is 6.92 Å². The van der Waals surface area contributed by atoms with Gasteiger partial charge in [0, 0.05) is 17.6 Å². The van der Waals surface area contributed by atoms with Gasteiger partial charge in [-0.3, -0.25) is 9.52 Å². The maximum Gasteiger partial charge on any atom is 0.335 e. The molecular weight excluding hydrogens is 482 g/mol. The van der Waals surface area contributed by atoms with E-state index in [0.717, 1.165) is 15.1 Å². The molecule has 0 radical (unpaired) electrons. The smallest absolute Gasteiger partial charge is 0.335 e. The Hall–Kier alpha value is -4.04. The number of hydrogen-bond donors (Lipinski definition) is 4. The third-order valence-electron chi connectivity index (χ3n) is 4.65. The highest BCUT2D eigenvalue weighted by Crippen LogP contribution is 2.22. The maximum atomic E-state index is 13.0. The van der Waals surface area contributed by atoms with Crippen LogP contribution in [0.3, 0.4) is 0 Å². The van der Waals surface area contributed by atoms with E-state index in [9.17, 15) is 18.6 Å². The molecule has 0 bridgehead atoms. The Labute approximate surface area is 198 Å². The lowest BCUT2D eigenvalue weighted by Gasteiger charge is -2.11. The number of nitrogens with one attached hydrogen (secondary N) is 4. The molecule has 0 spiro atoms. The number of nitrogens with zero attached hydrogens (tertiary/aromatic N) is 3. The Morgan fingerprint density at radius 1 is 1.24 bits per heavy atom. The first-order valence-electron chi connectivity index (χ1n) is 9.75. The predicted molar refractivity (Wildman–Crippen MR) is 129 cm³/mol. The fourth-order valence-corrected chi connectivity index (χ4v) is 4.98. The van der Waals surface area contributed by atoms with E-state index >= 15 is 0 Å².